The Hall–Kier alpha value is -1.26. The first kappa shape index (κ1) is 16.8. The van der Waals surface area contributed by atoms with Crippen molar-refractivity contribution < 1.29 is 19.1 Å². The highest BCUT2D eigenvalue weighted by molar-refractivity contribution is 5.82. The summed E-state index contributed by atoms with van der Waals surface area (Å²) in [5.74, 6) is -0.0279. The number of hydrogen-bond donors (Lipinski definition) is 0. The van der Waals surface area contributed by atoms with Crippen LogP contribution in [-0.4, -0.2) is 41.8 Å². The molecule has 1 aliphatic rings. The number of hydrogen-bond acceptors (Lipinski definition) is 4. The molecule has 0 bridgehead atoms. The lowest BCUT2D eigenvalue weighted by atomic mass is 10.1. The van der Waals surface area contributed by atoms with Gasteiger partial charge in [0.2, 0.25) is 0 Å². The van der Waals surface area contributed by atoms with Gasteiger partial charge in [0.25, 0.3) is 0 Å². The molecule has 0 aromatic rings. The molecule has 0 radical (unpaired) electrons. The van der Waals surface area contributed by atoms with E-state index in [1.807, 2.05) is 34.6 Å². The van der Waals surface area contributed by atoms with E-state index in [-0.39, 0.29) is 11.9 Å². The number of likely N-dealkylation sites (tertiary alicyclic amines) is 1. The Morgan fingerprint density at radius 2 is 1.95 bits per heavy atom. The third-order valence-electron chi connectivity index (χ3n) is 3.15. The standard InChI is InChI=1S/C15H27NO4/c1-6-7-8-19-13(17)12-9-11(2)10-16(12)14(18)20-15(3,4)5/h11-12H,6-10H2,1-5H3. The van der Waals surface area contributed by atoms with Crippen LogP contribution in [0.25, 0.3) is 0 Å². The summed E-state index contributed by atoms with van der Waals surface area (Å²) in [4.78, 5) is 25.7. The number of ether oxygens (including phenoxy) is 2. The highest BCUT2D eigenvalue weighted by Crippen LogP contribution is 2.26. The van der Waals surface area contributed by atoms with Crippen LogP contribution in [0.1, 0.15) is 53.9 Å². The van der Waals surface area contributed by atoms with Crippen LogP contribution in [0.15, 0.2) is 0 Å². The zero-order valence-corrected chi connectivity index (χ0v) is 13.3. The summed E-state index contributed by atoms with van der Waals surface area (Å²) in [6.45, 7) is 10.5. The highest BCUT2D eigenvalue weighted by Gasteiger charge is 2.40. The number of esters is 1. The molecular formula is C15H27NO4. The van der Waals surface area contributed by atoms with Crippen LogP contribution in [0.3, 0.4) is 0 Å². The van der Waals surface area contributed by atoms with Crippen LogP contribution in [0.4, 0.5) is 4.79 Å². The van der Waals surface area contributed by atoms with Gasteiger partial charge >= 0.3 is 12.1 Å². The van der Waals surface area contributed by atoms with Gasteiger partial charge in [0.1, 0.15) is 11.6 Å². The number of carbonyl (C=O) groups is 2. The SMILES string of the molecule is CCCCOC(=O)C1CC(C)CN1C(=O)OC(C)(C)C. The van der Waals surface area contributed by atoms with Gasteiger partial charge in [-0.2, -0.15) is 0 Å². The smallest absolute Gasteiger partial charge is 0.411 e. The summed E-state index contributed by atoms with van der Waals surface area (Å²) in [6.07, 6.45) is 2.04. The molecule has 0 spiro atoms. The Balaban J connectivity index is 2.63. The number of amides is 1. The van der Waals surface area contributed by atoms with Crippen molar-refractivity contribution >= 4 is 12.1 Å². The minimum absolute atomic E-state index is 0.284. The minimum atomic E-state index is -0.556. The van der Waals surface area contributed by atoms with Crippen molar-refractivity contribution in [1.29, 1.82) is 0 Å². The fourth-order valence-electron chi connectivity index (χ4n) is 2.21. The average Bonchev–Trinajstić information content (AvgIpc) is 2.69. The lowest BCUT2D eigenvalue weighted by molar-refractivity contribution is -0.148. The fourth-order valence-corrected chi connectivity index (χ4v) is 2.21. The van der Waals surface area contributed by atoms with Crippen molar-refractivity contribution in [2.24, 2.45) is 5.92 Å². The number of unbranched alkanes of at least 4 members (excludes halogenated alkanes) is 1. The molecule has 2 atom stereocenters. The largest absolute Gasteiger partial charge is 0.464 e. The quantitative estimate of drug-likeness (QED) is 0.588. The van der Waals surface area contributed by atoms with Crippen molar-refractivity contribution in [3.63, 3.8) is 0 Å². The van der Waals surface area contributed by atoms with Crippen molar-refractivity contribution in [3.8, 4) is 0 Å². The lowest BCUT2D eigenvalue weighted by Gasteiger charge is -2.27. The van der Waals surface area contributed by atoms with Gasteiger partial charge in [-0.1, -0.05) is 20.3 Å². The van der Waals surface area contributed by atoms with Crippen LogP contribution < -0.4 is 0 Å². The maximum atomic E-state index is 12.1. The van der Waals surface area contributed by atoms with Gasteiger partial charge in [-0.05, 0) is 39.5 Å². The van der Waals surface area contributed by atoms with Crippen LogP contribution in [0, 0.1) is 5.92 Å². The van der Waals surface area contributed by atoms with E-state index in [0.717, 1.165) is 12.8 Å². The molecular weight excluding hydrogens is 258 g/mol. The average molecular weight is 285 g/mol. The van der Waals surface area contributed by atoms with Gasteiger partial charge in [-0.3, -0.25) is 4.90 Å². The van der Waals surface area contributed by atoms with E-state index in [1.54, 1.807) is 0 Å². The Kier molecular flexibility index (Phi) is 5.84. The van der Waals surface area contributed by atoms with Crippen LogP contribution >= 0.6 is 0 Å². The first-order valence-electron chi connectivity index (χ1n) is 7.41. The van der Waals surface area contributed by atoms with Gasteiger partial charge in [-0.25, -0.2) is 9.59 Å². The highest BCUT2D eigenvalue weighted by atomic mass is 16.6. The summed E-state index contributed by atoms with van der Waals surface area (Å²) >= 11 is 0. The normalized spacial score (nSPS) is 22.8. The second-order valence-corrected chi connectivity index (χ2v) is 6.51. The molecule has 1 amide bonds. The van der Waals surface area contributed by atoms with Crippen LogP contribution in [0.2, 0.25) is 0 Å². The van der Waals surface area contributed by atoms with Crippen molar-refractivity contribution in [1.82, 2.24) is 4.90 Å². The summed E-state index contributed by atoms with van der Waals surface area (Å²) in [5.41, 5.74) is -0.556. The van der Waals surface area contributed by atoms with Crippen molar-refractivity contribution in [3.05, 3.63) is 0 Å². The molecule has 0 saturated carbocycles. The van der Waals surface area contributed by atoms with E-state index in [0.29, 0.717) is 19.6 Å². The molecule has 0 aliphatic carbocycles. The molecule has 1 saturated heterocycles. The van der Waals surface area contributed by atoms with Gasteiger partial charge in [-0.15, -0.1) is 0 Å². The summed E-state index contributed by atoms with van der Waals surface area (Å²) in [6, 6.07) is -0.503. The predicted octanol–water partition coefficient (Wildman–Crippen LogP) is 2.98. The third-order valence-corrected chi connectivity index (χ3v) is 3.15. The van der Waals surface area contributed by atoms with E-state index < -0.39 is 17.7 Å². The van der Waals surface area contributed by atoms with E-state index in [1.165, 1.54) is 4.90 Å². The molecule has 5 nitrogen and oxygen atoms in total. The lowest BCUT2D eigenvalue weighted by Crippen LogP contribution is -2.44. The predicted molar refractivity (Wildman–Crippen MR) is 76.4 cm³/mol. The van der Waals surface area contributed by atoms with Gasteiger partial charge in [0, 0.05) is 6.54 Å². The van der Waals surface area contributed by atoms with E-state index >= 15 is 0 Å². The van der Waals surface area contributed by atoms with Gasteiger partial charge < -0.3 is 9.47 Å². The molecule has 1 fully saturated rings. The van der Waals surface area contributed by atoms with Crippen LogP contribution in [0.5, 0.6) is 0 Å². The molecule has 0 N–H and O–H groups in total. The fraction of sp³-hybridized carbons (Fsp3) is 0.867. The molecule has 1 rings (SSSR count). The monoisotopic (exact) mass is 285 g/mol. The molecule has 20 heavy (non-hydrogen) atoms. The molecule has 5 heteroatoms. The molecule has 2 unspecified atom stereocenters. The first-order valence-corrected chi connectivity index (χ1v) is 7.41. The van der Waals surface area contributed by atoms with Crippen molar-refractivity contribution in [2.75, 3.05) is 13.2 Å². The zero-order chi connectivity index (χ0) is 15.3. The zero-order valence-electron chi connectivity index (χ0n) is 13.3. The van der Waals surface area contributed by atoms with Crippen molar-refractivity contribution in [2.45, 2.75) is 65.5 Å². The molecule has 0 aromatic heterocycles. The number of nitrogens with zero attached hydrogens (tertiary/aromatic N) is 1. The maximum Gasteiger partial charge on any atom is 0.411 e. The second kappa shape index (κ2) is 6.95. The first-order chi connectivity index (χ1) is 9.24. The van der Waals surface area contributed by atoms with Gasteiger partial charge in [0.15, 0.2) is 0 Å². The molecule has 1 aliphatic heterocycles. The Morgan fingerprint density at radius 1 is 1.30 bits per heavy atom. The second-order valence-electron chi connectivity index (χ2n) is 6.51. The summed E-state index contributed by atoms with van der Waals surface area (Å²) in [5, 5.41) is 0. The summed E-state index contributed by atoms with van der Waals surface area (Å²) < 4.78 is 10.6. The Bertz CT molecular complexity index is 348. The number of carbonyl (C=O) groups excluding carboxylic acids is 2. The topological polar surface area (TPSA) is 55.8 Å². The number of rotatable bonds is 4. The summed E-state index contributed by atoms with van der Waals surface area (Å²) in [7, 11) is 0. The maximum absolute atomic E-state index is 12.1. The van der Waals surface area contributed by atoms with Gasteiger partial charge in [0.05, 0.1) is 6.61 Å². The Labute approximate surface area is 121 Å². The molecule has 1 heterocycles. The Morgan fingerprint density at radius 3 is 2.50 bits per heavy atom. The molecule has 0 aromatic carbocycles. The van der Waals surface area contributed by atoms with Crippen LogP contribution in [-0.2, 0) is 14.3 Å². The third kappa shape index (κ3) is 5.02. The van der Waals surface area contributed by atoms with E-state index in [9.17, 15) is 9.59 Å². The minimum Gasteiger partial charge on any atom is -0.464 e. The van der Waals surface area contributed by atoms with E-state index in [2.05, 4.69) is 0 Å². The van der Waals surface area contributed by atoms with E-state index in [4.69, 9.17) is 9.47 Å². The molecule has 116 valence electrons.